The van der Waals surface area contributed by atoms with E-state index in [1.54, 1.807) is 12.1 Å². The lowest BCUT2D eigenvalue weighted by atomic mass is 10.1. The number of carbonyl (C=O) groups is 1. The van der Waals surface area contributed by atoms with Crippen molar-refractivity contribution >= 4 is 28.7 Å². The number of halogens is 1. The van der Waals surface area contributed by atoms with Gasteiger partial charge in [-0.05, 0) is 29.8 Å². The van der Waals surface area contributed by atoms with Gasteiger partial charge in [0.25, 0.3) is 11.6 Å². The molecule has 0 aliphatic heterocycles. The van der Waals surface area contributed by atoms with Gasteiger partial charge in [0.2, 0.25) is 0 Å². The number of hydrogen-bond donors (Lipinski definition) is 1. The normalized spacial score (nSPS) is 10.9. The van der Waals surface area contributed by atoms with Gasteiger partial charge in [0.1, 0.15) is 5.82 Å². The average molecular weight is 441 g/mol. The van der Waals surface area contributed by atoms with E-state index >= 15 is 0 Å². The summed E-state index contributed by atoms with van der Waals surface area (Å²) in [5.41, 5.74) is 4.55. The van der Waals surface area contributed by atoms with E-state index in [0.29, 0.717) is 12.1 Å². The number of nitro groups is 1. The number of rotatable bonds is 6. The fraction of sp³-hybridized carbons (Fsp3) is 0.0417. The lowest BCUT2D eigenvalue weighted by Crippen LogP contribution is -2.19. The molecule has 4 rings (SSSR count). The van der Waals surface area contributed by atoms with Gasteiger partial charge < -0.3 is 4.57 Å². The van der Waals surface area contributed by atoms with E-state index in [4.69, 9.17) is 5.26 Å². The number of hydrazone groups is 1. The van der Waals surface area contributed by atoms with Crippen LogP contribution in [0.2, 0.25) is 0 Å². The summed E-state index contributed by atoms with van der Waals surface area (Å²) in [7, 11) is 0. The van der Waals surface area contributed by atoms with E-state index in [0.717, 1.165) is 22.5 Å². The van der Waals surface area contributed by atoms with Gasteiger partial charge in [-0.25, -0.2) is 9.82 Å². The molecular weight excluding hydrogens is 425 g/mol. The van der Waals surface area contributed by atoms with Crippen LogP contribution in [0.5, 0.6) is 0 Å². The molecular formula is C24H16FN5O3. The second-order valence-electron chi connectivity index (χ2n) is 7.16. The van der Waals surface area contributed by atoms with E-state index in [-0.39, 0.29) is 16.8 Å². The molecule has 162 valence electrons. The van der Waals surface area contributed by atoms with Crippen LogP contribution in [0.4, 0.5) is 10.1 Å². The fourth-order valence-corrected chi connectivity index (χ4v) is 3.46. The van der Waals surface area contributed by atoms with E-state index in [1.165, 1.54) is 30.5 Å². The number of amides is 1. The second kappa shape index (κ2) is 9.11. The number of nitrogens with one attached hydrogen (secondary N) is 1. The molecule has 4 aromatic rings. The van der Waals surface area contributed by atoms with Crippen molar-refractivity contribution in [2.75, 3.05) is 0 Å². The maximum absolute atomic E-state index is 14.0. The standard InChI is InChI=1S/C24H16FN5O3/c25-22-11-16(12-26)8-9-21(22)24(31)28-27-13-18-15-29(23-7-2-1-6-20(18)23)14-17-4-3-5-19(10-17)30(32)33/h1-11,13,15H,14H2,(H,28,31)/b27-13-. The van der Waals surface area contributed by atoms with Gasteiger partial charge >= 0.3 is 0 Å². The maximum Gasteiger partial charge on any atom is 0.274 e. The Labute approximate surface area is 187 Å². The van der Waals surface area contributed by atoms with Crippen molar-refractivity contribution in [2.24, 2.45) is 5.10 Å². The largest absolute Gasteiger partial charge is 0.342 e. The SMILES string of the molecule is N#Cc1ccc(C(=O)N/N=C\c2cn(Cc3cccc([N+](=O)[O-])c3)c3ccccc23)c(F)c1. The van der Waals surface area contributed by atoms with E-state index in [9.17, 15) is 19.3 Å². The number of hydrogen-bond acceptors (Lipinski definition) is 5. The molecule has 0 atom stereocenters. The van der Waals surface area contributed by atoms with Crippen LogP contribution in [-0.4, -0.2) is 21.6 Å². The van der Waals surface area contributed by atoms with Gasteiger partial charge in [-0.3, -0.25) is 14.9 Å². The van der Waals surface area contributed by atoms with Crippen molar-refractivity contribution in [3.63, 3.8) is 0 Å². The monoisotopic (exact) mass is 441 g/mol. The summed E-state index contributed by atoms with van der Waals surface area (Å²) in [6, 6.07) is 19.3. The maximum atomic E-state index is 14.0. The summed E-state index contributed by atoms with van der Waals surface area (Å²) in [6.45, 7) is 0.402. The number of aromatic nitrogens is 1. The third-order valence-electron chi connectivity index (χ3n) is 5.01. The molecule has 8 nitrogen and oxygen atoms in total. The van der Waals surface area contributed by atoms with Crippen molar-refractivity contribution in [3.05, 3.63) is 111 Å². The first-order chi connectivity index (χ1) is 16.0. The third kappa shape index (κ3) is 4.60. The fourth-order valence-electron chi connectivity index (χ4n) is 3.46. The molecule has 1 N–H and O–H groups in total. The predicted octanol–water partition coefficient (Wildman–Crippen LogP) is 4.37. The number of fused-ring (bicyclic) bond motifs is 1. The van der Waals surface area contributed by atoms with Crippen LogP contribution in [0, 0.1) is 27.3 Å². The van der Waals surface area contributed by atoms with Gasteiger partial charge in [-0.15, -0.1) is 0 Å². The summed E-state index contributed by atoms with van der Waals surface area (Å²) in [5, 5.41) is 24.7. The first-order valence-corrected chi connectivity index (χ1v) is 9.80. The molecule has 1 aromatic heterocycles. The topological polar surface area (TPSA) is 113 Å². The summed E-state index contributed by atoms with van der Waals surface area (Å²) < 4.78 is 16.0. The minimum Gasteiger partial charge on any atom is -0.342 e. The Balaban J connectivity index is 1.57. The van der Waals surface area contributed by atoms with Crippen molar-refractivity contribution in [2.45, 2.75) is 6.54 Å². The molecule has 0 fully saturated rings. The van der Waals surface area contributed by atoms with Crippen LogP contribution in [0.25, 0.3) is 10.9 Å². The first-order valence-electron chi connectivity index (χ1n) is 9.80. The zero-order valence-electron chi connectivity index (χ0n) is 17.1. The highest BCUT2D eigenvalue weighted by Crippen LogP contribution is 2.22. The van der Waals surface area contributed by atoms with Crippen molar-refractivity contribution in [1.29, 1.82) is 5.26 Å². The Morgan fingerprint density at radius 3 is 2.76 bits per heavy atom. The lowest BCUT2D eigenvalue weighted by Gasteiger charge is -2.05. The van der Waals surface area contributed by atoms with Gasteiger partial charge in [-0.2, -0.15) is 10.4 Å². The van der Waals surface area contributed by atoms with E-state index < -0.39 is 16.6 Å². The molecule has 3 aromatic carbocycles. The highest BCUT2D eigenvalue weighted by atomic mass is 19.1. The zero-order valence-corrected chi connectivity index (χ0v) is 17.1. The van der Waals surface area contributed by atoms with Gasteiger partial charge in [-0.1, -0.05) is 30.3 Å². The van der Waals surface area contributed by atoms with Crippen LogP contribution in [0.1, 0.15) is 27.0 Å². The van der Waals surface area contributed by atoms with Crippen molar-refractivity contribution in [1.82, 2.24) is 9.99 Å². The van der Waals surface area contributed by atoms with Crippen LogP contribution in [-0.2, 0) is 6.54 Å². The number of nitriles is 1. The first kappa shape index (κ1) is 21.4. The second-order valence-corrected chi connectivity index (χ2v) is 7.16. The van der Waals surface area contributed by atoms with E-state index in [1.807, 2.05) is 41.1 Å². The van der Waals surface area contributed by atoms with Crippen molar-refractivity contribution < 1.29 is 14.1 Å². The molecule has 0 aliphatic carbocycles. The molecule has 33 heavy (non-hydrogen) atoms. The Hall–Kier alpha value is -4.84. The number of benzene rings is 3. The molecule has 9 heteroatoms. The Morgan fingerprint density at radius 1 is 1.18 bits per heavy atom. The summed E-state index contributed by atoms with van der Waals surface area (Å²) in [6.07, 6.45) is 3.27. The van der Waals surface area contributed by atoms with Gasteiger partial charge in [0.05, 0.1) is 28.3 Å². The molecule has 0 unspecified atom stereocenters. The molecule has 1 heterocycles. The predicted molar refractivity (Wildman–Crippen MR) is 120 cm³/mol. The highest BCUT2D eigenvalue weighted by Gasteiger charge is 2.13. The molecule has 0 saturated carbocycles. The Morgan fingerprint density at radius 2 is 2.00 bits per heavy atom. The molecule has 0 aliphatic rings. The Bertz CT molecular complexity index is 1450. The lowest BCUT2D eigenvalue weighted by molar-refractivity contribution is -0.384. The molecule has 0 spiro atoms. The van der Waals surface area contributed by atoms with Crippen LogP contribution >= 0.6 is 0 Å². The number of nitro benzene ring substituents is 1. The smallest absolute Gasteiger partial charge is 0.274 e. The number of non-ortho nitro benzene ring substituents is 1. The highest BCUT2D eigenvalue weighted by molar-refractivity contribution is 6.00. The number of nitrogens with zero attached hydrogens (tertiary/aromatic N) is 4. The zero-order chi connectivity index (χ0) is 23.4. The van der Waals surface area contributed by atoms with Gasteiger partial charge in [0, 0.05) is 41.3 Å². The number of carbonyl (C=O) groups excluding carboxylic acids is 1. The quantitative estimate of drug-likeness (QED) is 0.272. The molecule has 0 bridgehead atoms. The van der Waals surface area contributed by atoms with E-state index in [2.05, 4.69) is 10.5 Å². The molecule has 0 saturated heterocycles. The summed E-state index contributed by atoms with van der Waals surface area (Å²) in [5.74, 6) is -1.55. The minimum absolute atomic E-state index is 0.0171. The van der Waals surface area contributed by atoms with Crippen molar-refractivity contribution in [3.8, 4) is 6.07 Å². The molecule has 0 radical (unpaired) electrons. The Kier molecular flexibility index (Phi) is 5.91. The van der Waals surface area contributed by atoms with Crippen LogP contribution in [0.3, 0.4) is 0 Å². The number of para-hydroxylation sites is 1. The summed E-state index contributed by atoms with van der Waals surface area (Å²) in [4.78, 5) is 22.9. The summed E-state index contributed by atoms with van der Waals surface area (Å²) >= 11 is 0. The van der Waals surface area contributed by atoms with Gasteiger partial charge in [0.15, 0.2) is 0 Å². The minimum atomic E-state index is -0.810. The average Bonchev–Trinajstić information content (AvgIpc) is 3.16. The third-order valence-corrected chi connectivity index (χ3v) is 5.01. The van der Waals surface area contributed by atoms with Crippen LogP contribution < -0.4 is 5.43 Å². The molecule has 1 amide bonds. The van der Waals surface area contributed by atoms with Crippen LogP contribution in [0.15, 0.2) is 78.0 Å².